The van der Waals surface area contributed by atoms with Crippen LogP contribution in [-0.2, 0) is 4.74 Å². The van der Waals surface area contributed by atoms with Gasteiger partial charge in [0.2, 0.25) is 0 Å². The van der Waals surface area contributed by atoms with Gasteiger partial charge in [0.25, 0.3) is 5.91 Å². The van der Waals surface area contributed by atoms with Crippen LogP contribution in [0.3, 0.4) is 0 Å². The molecule has 2 rings (SSSR count). The zero-order valence-electron chi connectivity index (χ0n) is 11.4. The van der Waals surface area contributed by atoms with E-state index >= 15 is 0 Å². The van der Waals surface area contributed by atoms with E-state index in [1.54, 1.807) is 26.3 Å². The van der Waals surface area contributed by atoms with Crippen LogP contribution in [0.25, 0.3) is 0 Å². The van der Waals surface area contributed by atoms with Crippen molar-refractivity contribution in [3.63, 3.8) is 0 Å². The minimum atomic E-state index is -0.0361. The number of aromatic nitrogens is 2. The molecule has 0 bridgehead atoms. The summed E-state index contributed by atoms with van der Waals surface area (Å²) in [7, 11) is 3.49. The lowest BCUT2D eigenvalue weighted by Crippen LogP contribution is -2.39. The lowest BCUT2D eigenvalue weighted by Gasteiger charge is -2.31. The van der Waals surface area contributed by atoms with Gasteiger partial charge in [0, 0.05) is 33.9 Å². The van der Waals surface area contributed by atoms with Gasteiger partial charge in [0.1, 0.15) is 5.82 Å². The SMILES string of the molecule is CNc1ccc(C(=O)N2CCC(COC)CC2)nn1. The molecule has 0 unspecified atom stereocenters. The van der Waals surface area contributed by atoms with Crippen molar-refractivity contribution in [2.75, 3.05) is 39.2 Å². The second-order valence-electron chi connectivity index (χ2n) is 4.74. The van der Waals surface area contributed by atoms with Gasteiger partial charge in [-0.2, -0.15) is 0 Å². The van der Waals surface area contributed by atoms with E-state index in [0.717, 1.165) is 32.5 Å². The lowest BCUT2D eigenvalue weighted by atomic mass is 9.97. The molecule has 1 aromatic rings. The summed E-state index contributed by atoms with van der Waals surface area (Å²) in [5.74, 6) is 1.19. The van der Waals surface area contributed by atoms with Crippen molar-refractivity contribution in [1.82, 2.24) is 15.1 Å². The zero-order chi connectivity index (χ0) is 13.7. The van der Waals surface area contributed by atoms with E-state index in [9.17, 15) is 4.79 Å². The Morgan fingerprint density at radius 3 is 2.68 bits per heavy atom. The van der Waals surface area contributed by atoms with Gasteiger partial charge >= 0.3 is 0 Å². The Kier molecular flexibility index (Phi) is 4.68. The molecule has 1 fully saturated rings. The predicted molar refractivity (Wildman–Crippen MR) is 72.1 cm³/mol. The minimum absolute atomic E-state index is 0.0361. The number of carbonyl (C=O) groups is 1. The molecule has 1 aliphatic heterocycles. The number of hydrogen-bond donors (Lipinski definition) is 1. The zero-order valence-corrected chi connectivity index (χ0v) is 11.4. The molecule has 0 radical (unpaired) electrons. The summed E-state index contributed by atoms with van der Waals surface area (Å²) in [6.07, 6.45) is 1.98. The first-order valence-corrected chi connectivity index (χ1v) is 6.54. The first-order chi connectivity index (χ1) is 9.24. The van der Waals surface area contributed by atoms with Crippen molar-refractivity contribution in [2.24, 2.45) is 5.92 Å². The molecule has 2 heterocycles. The van der Waals surface area contributed by atoms with Gasteiger partial charge in [-0.1, -0.05) is 0 Å². The second kappa shape index (κ2) is 6.47. The molecule has 1 saturated heterocycles. The van der Waals surface area contributed by atoms with Crippen LogP contribution >= 0.6 is 0 Å². The molecule has 0 spiro atoms. The maximum atomic E-state index is 12.2. The van der Waals surface area contributed by atoms with E-state index in [-0.39, 0.29) is 5.91 Å². The largest absolute Gasteiger partial charge is 0.384 e. The van der Waals surface area contributed by atoms with Gasteiger partial charge in [-0.25, -0.2) is 0 Å². The number of ether oxygens (including phenoxy) is 1. The van der Waals surface area contributed by atoms with E-state index in [1.807, 2.05) is 4.90 Å². The third-order valence-corrected chi connectivity index (χ3v) is 3.44. The third-order valence-electron chi connectivity index (χ3n) is 3.44. The first kappa shape index (κ1) is 13.7. The number of piperidine rings is 1. The van der Waals surface area contributed by atoms with Crippen LogP contribution in [0.1, 0.15) is 23.3 Å². The van der Waals surface area contributed by atoms with Gasteiger partial charge in [-0.15, -0.1) is 10.2 Å². The number of likely N-dealkylation sites (tertiary alicyclic amines) is 1. The second-order valence-corrected chi connectivity index (χ2v) is 4.74. The van der Waals surface area contributed by atoms with Crippen molar-refractivity contribution in [1.29, 1.82) is 0 Å². The molecule has 1 aromatic heterocycles. The molecule has 6 nitrogen and oxygen atoms in total. The Labute approximate surface area is 113 Å². The number of anilines is 1. The Balaban J connectivity index is 1.93. The third kappa shape index (κ3) is 3.41. The maximum Gasteiger partial charge on any atom is 0.274 e. The molecule has 6 heteroatoms. The summed E-state index contributed by atoms with van der Waals surface area (Å²) < 4.78 is 5.15. The Hall–Kier alpha value is -1.69. The maximum absolute atomic E-state index is 12.2. The molecule has 19 heavy (non-hydrogen) atoms. The van der Waals surface area contributed by atoms with E-state index in [1.165, 1.54) is 0 Å². The van der Waals surface area contributed by atoms with Crippen LogP contribution in [0.2, 0.25) is 0 Å². The highest BCUT2D eigenvalue weighted by atomic mass is 16.5. The van der Waals surface area contributed by atoms with E-state index in [2.05, 4.69) is 15.5 Å². The van der Waals surface area contributed by atoms with Gasteiger partial charge in [0.15, 0.2) is 5.69 Å². The Morgan fingerprint density at radius 2 is 2.16 bits per heavy atom. The van der Waals surface area contributed by atoms with Crippen molar-refractivity contribution < 1.29 is 9.53 Å². The standard InChI is InChI=1S/C13H20N4O2/c1-14-12-4-3-11(15-16-12)13(18)17-7-5-10(6-8-17)9-19-2/h3-4,10H,5-9H2,1-2H3,(H,14,16). The molecule has 104 valence electrons. The summed E-state index contributed by atoms with van der Waals surface area (Å²) >= 11 is 0. The predicted octanol–water partition coefficient (Wildman–Crippen LogP) is 1.02. The first-order valence-electron chi connectivity index (χ1n) is 6.54. The van der Waals surface area contributed by atoms with Gasteiger partial charge in [-0.3, -0.25) is 4.79 Å². The summed E-state index contributed by atoms with van der Waals surface area (Å²) in [6.45, 7) is 2.31. The summed E-state index contributed by atoms with van der Waals surface area (Å²) in [6, 6.07) is 3.47. The molecule has 1 aliphatic rings. The number of hydrogen-bond acceptors (Lipinski definition) is 5. The summed E-state index contributed by atoms with van der Waals surface area (Å²) in [5, 5.41) is 10.8. The van der Waals surface area contributed by atoms with E-state index < -0.39 is 0 Å². The number of nitrogens with one attached hydrogen (secondary N) is 1. The van der Waals surface area contributed by atoms with Gasteiger partial charge in [-0.05, 0) is 30.9 Å². The van der Waals surface area contributed by atoms with Gasteiger partial charge in [0.05, 0.1) is 0 Å². The summed E-state index contributed by atoms with van der Waals surface area (Å²) in [5.41, 5.74) is 0.407. The van der Waals surface area contributed by atoms with Crippen LogP contribution in [0.5, 0.6) is 0 Å². The fraction of sp³-hybridized carbons (Fsp3) is 0.615. The highest BCUT2D eigenvalue weighted by Crippen LogP contribution is 2.18. The van der Waals surface area contributed by atoms with Crippen molar-refractivity contribution in [2.45, 2.75) is 12.8 Å². The van der Waals surface area contributed by atoms with Crippen LogP contribution < -0.4 is 5.32 Å². The molecule has 0 aromatic carbocycles. The molecule has 0 saturated carbocycles. The molecule has 0 aliphatic carbocycles. The summed E-state index contributed by atoms with van der Waals surface area (Å²) in [4.78, 5) is 14.1. The topological polar surface area (TPSA) is 67.4 Å². The Morgan fingerprint density at radius 1 is 1.42 bits per heavy atom. The highest BCUT2D eigenvalue weighted by Gasteiger charge is 2.24. The Bertz CT molecular complexity index is 413. The van der Waals surface area contributed by atoms with Crippen LogP contribution in [0, 0.1) is 5.92 Å². The average Bonchev–Trinajstić information content (AvgIpc) is 2.48. The van der Waals surface area contributed by atoms with Crippen molar-refractivity contribution >= 4 is 11.7 Å². The van der Waals surface area contributed by atoms with Gasteiger partial charge < -0.3 is 15.0 Å². The fourth-order valence-corrected chi connectivity index (χ4v) is 2.28. The van der Waals surface area contributed by atoms with Crippen molar-refractivity contribution in [3.8, 4) is 0 Å². The number of rotatable bonds is 4. The fourth-order valence-electron chi connectivity index (χ4n) is 2.28. The minimum Gasteiger partial charge on any atom is -0.384 e. The average molecular weight is 264 g/mol. The monoisotopic (exact) mass is 264 g/mol. The molecule has 1 N–H and O–H groups in total. The van der Waals surface area contributed by atoms with Crippen LogP contribution in [0.4, 0.5) is 5.82 Å². The normalized spacial score (nSPS) is 16.4. The molecular formula is C13H20N4O2. The smallest absolute Gasteiger partial charge is 0.274 e. The lowest BCUT2D eigenvalue weighted by molar-refractivity contribution is 0.0607. The number of amides is 1. The van der Waals surface area contributed by atoms with E-state index in [4.69, 9.17) is 4.74 Å². The number of carbonyl (C=O) groups excluding carboxylic acids is 1. The van der Waals surface area contributed by atoms with E-state index in [0.29, 0.717) is 17.4 Å². The molecule has 1 amide bonds. The van der Waals surface area contributed by atoms with Crippen LogP contribution in [-0.4, -0.2) is 54.9 Å². The molecule has 0 atom stereocenters. The number of nitrogens with zero attached hydrogens (tertiary/aromatic N) is 3. The molecular weight excluding hydrogens is 244 g/mol. The van der Waals surface area contributed by atoms with Crippen molar-refractivity contribution in [3.05, 3.63) is 17.8 Å². The van der Waals surface area contributed by atoms with Crippen LogP contribution in [0.15, 0.2) is 12.1 Å². The highest BCUT2D eigenvalue weighted by molar-refractivity contribution is 5.92. The number of methoxy groups -OCH3 is 1. The quantitative estimate of drug-likeness (QED) is 0.879.